The minimum Gasteiger partial charge on any atom is -0.465 e. The Balaban J connectivity index is 2.54. The van der Waals surface area contributed by atoms with Crippen molar-refractivity contribution in [1.29, 1.82) is 0 Å². The molecule has 1 aromatic carbocycles. The van der Waals surface area contributed by atoms with Gasteiger partial charge >= 0.3 is 5.97 Å². The van der Waals surface area contributed by atoms with Gasteiger partial charge in [-0.15, -0.1) is 11.8 Å². The van der Waals surface area contributed by atoms with Crippen LogP contribution in [0.2, 0.25) is 0 Å². The van der Waals surface area contributed by atoms with Crippen molar-refractivity contribution in [3.8, 4) is 0 Å². The van der Waals surface area contributed by atoms with E-state index in [0.29, 0.717) is 13.0 Å². The average molecular weight is 281 g/mol. The lowest BCUT2D eigenvalue weighted by atomic mass is 10.0. The zero-order valence-electron chi connectivity index (χ0n) is 12.2. The van der Waals surface area contributed by atoms with Gasteiger partial charge in [0.25, 0.3) is 0 Å². The van der Waals surface area contributed by atoms with E-state index in [2.05, 4.69) is 32.0 Å². The van der Waals surface area contributed by atoms with Gasteiger partial charge in [0.2, 0.25) is 0 Å². The first-order valence-corrected chi connectivity index (χ1v) is 7.51. The third-order valence-corrected chi connectivity index (χ3v) is 4.12. The lowest BCUT2D eigenvalue weighted by molar-refractivity contribution is -0.149. The quantitative estimate of drug-likeness (QED) is 0.643. The summed E-state index contributed by atoms with van der Waals surface area (Å²) >= 11 is 1.74. The van der Waals surface area contributed by atoms with Crippen LogP contribution < -0.4 is 5.73 Å². The molecule has 1 rings (SSSR count). The molecule has 0 aliphatic heterocycles. The Labute approximate surface area is 119 Å². The van der Waals surface area contributed by atoms with Gasteiger partial charge in [0.1, 0.15) is 5.54 Å². The molecule has 0 saturated carbocycles. The molecule has 1 atom stereocenters. The number of hydrogen-bond donors (Lipinski definition) is 1. The number of carbonyl (C=O) groups is 1. The first kappa shape index (κ1) is 16.1. The Morgan fingerprint density at radius 3 is 2.74 bits per heavy atom. The molecule has 0 heterocycles. The van der Waals surface area contributed by atoms with Gasteiger partial charge in [-0.05, 0) is 45.7 Å². The summed E-state index contributed by atoms with van der Waals surface area (Å²) < 4.78 is 4.98. The van der Waals surface area contributed by atoms with E-state index in [1.54, 1.807) is 25.6 Å². The molecule has 3 nitrogen and oxygen atoms in total. The van der Waals surface area contributed by atoms with Gasteiger partial charge in [-0.2, -0.15) is 0 Å². The van der Waals surface area contributed by atoms with E-state index in [-0.39, 0.29) is 5.97 Å². The van der Waals surface area contributed by atoms with Gasteiger partial charge in [0.05, 0.1) is 6.61 Å². The number of nitrogens with two attached hydrogens (primary N) is 1. The van der Waals surface area contributed by atoms with E-state index in [9.17, 15) is 4.79 Å². The SMILES string of the molecule is CCOC(=O)C(C)(N)CCSc1cc(C)ccc1C. The normalized spacial score (nSPS) is 13.9. The molecule has 0 radical (unpaired) electrons. The molecule has 19 heavy (non-hydrogen) atoms. The maximum atomic E-state index is 11.7. The van der Waals surface area contributed by atoms with Crippen molar-refractivity contribution in [3.63, 3.8) is 0 Å². The fourth-order valence-electron chi connectivity index (χ4n) is 1.63. The van der Waals surface area contributed by atoms with Crippen LogP contribution in [0.3, 0.4) is 0 Å². The lowest BCUT2D eigenvalue weighted by Gasteiger charge is -2.22. The van der Waals surface area contributed by atoms with E-state index in [1.165, 1.54) is 16.0 Å². The fourth-order valence-corrected chi connectivity index (χ4v) is 2.94. The summed E-state index contributed by atoms with van der Waals surface area (Å²) in [7, 11) is 0. The number of esters is 1. The van der Waals surface area contributed by atoms with Crippen LogP contribution >= 0.6 is 11.8 Å². The molecule has 4 heteroatoms. The third kappa shape index (κ3) is 4.88. The van der Waals surface area contributed by atoms with Crippen molar-refractivity contribution >= 4 is 17.7 Å². The van der Waals surface area contributed by atoms with Gasteiger partial charge in [-0.25, -0.2) is 0 Å². The smallest absolute Gasteiger partial charge is 0.325 e. The monoisotopic (exact) mass is 281 g/mol. The Bertz CT molecular complexity index is 444. The molecule has 0 amide bonds. The number of carbonyl (C=O) groups excluding carboxylic acids is 1. The van der Waals surface area contributed by atoms with Crippen molar-refractivity contribution in [1.82, 2.24) is 0 Å². The maximum Gasteiger partial charge on any atom is 0.325 e. The summed E-state index contributed by atoms with van der Waals surface area (Å²) in [5.74, 6) is 0.479. The minimum atomic E-state index is -0.902. The first-order chi connectivity index (χ1) is 8.86. The van der Waals surface area contributed by atoms with Gasteiger partial charge in [-0.3, -0.25) is 4.79 Å². The standard InChI is InChI=1S/C15H23NO2S/c1-5-18-14(17)15(4,16)8-9-19-13-10-11(2)6-7-12(13)3/h6-7,10H,5,8-9,16H2,1-4H3. The van der Waals surface area contributed by atoms with E-state index >= 15 is 0 Å². The van der Waals surface area contributed by atoms with Crippen molar-refractivity contribution in [2.75, 3.05) is 12.4 Å². The second-order valence-corrected chi connectivity index (χ2v) is 6.14. The lowest BCUT2D eigenvalue weighted by Crippen LogP contribution is -2.46. The van der Waals surface area contributed by atoms with E-state index in [0.717, 1.165) is 5.75 Å². The summed E-state index contributed by atoms with van der Waals surface area (Å²) in [5, 5.41) is 0. The molecule has 0 aliphatic rings. The molecule has 1 unspecified atom stereocenters. The molecule has 0 aromatic heterocycles. The molecular formula is C15H23NO2S. The van der Waals surface area contributed by atoms with Crippen LogP contribution in [0, 0.1) is 13.8 Å². The highest BCUT2D eigenvalue weighted by molar-refractivity contribution is 7.99. The Hall–Kier alpha value is -1.00. The first-order valence-electron chi connectivity index (χ1n) is 6.53. The van der Waals surface area contributed by atoms with Crippen LogP contribution in [0.25, 0.3) is 0 Å². The highest BCUT2D eigenvalue weighted by Crippen LogP contribution is 2.25. The summed E-state index contributed by atoms with van der Waals surface area (Å²) in [6.45, 7) is 8.06. The number of ether oxygens (including phenoxy) is 1. The van der Waals surface area contributed by atoms with Crippen molar-refractivity contribution < 1.29 is 9.53 Å². The second kappa shape index (κ2) is 6.96. The average Bonchev–Trinajstić information content (AvgIpc) is 2.33. The fraction of sp³-hybridized carbons (Fsp3) is 0.533. The number of benzene rings is 1. The molecule has 2 N–H and O–H groups in total. The van der Waals surface area contributed by atoms with Crippen LogP contribution in [-0.2, 0) is 9.53 Å². The third-order valence-electron chi connectivity index (χ3n) is 2.96. The highest BCUT2D eigenvalue weighted by Gasteiger charge is 2.29. The zero-order valence-corrected chi connectivity index (χ0v) is 13.0. The van der Waals surface area contributed by atoms with E-state index in [1.807, 2.05) is 0 Å². The van der Waals surface area contributed by atoms with E-state index in [4.69, 9.17) is 10.5 Å². The van der Waals surface area contributed by atoms with Gasteiger partial charge in [-0.1, -0.05) is 17.7 Å². The van der Waals surface area contributed by atoms with Gasteiger partial charge in [0, 0.05) is 10.6 Å². The molecule has 0 bridgehead atoms. The molecule has 0 saturated heterocycles. The number of aryl methyl sites for hydroxylation is 2. The largest absolute Gasteiger partial charge is 0.465 e. The number of rotatable bonds is 6. The Kier molecular flexibility index (Phi) is 5.88. The maximum absolute atomic E-state index is 11.7. The summed E-state index contributed by atoms with van der Waals surface area (Å²) in [4.78, 5) is 12.9. The predicted molar refractivity (Wildman–Crippen MR) is 80.5 cm³/mol. The number of thioether (sulfide) groups is 1. The molecule has 0 aliphatic carbocycles. The second-order valence-electron chi connectivity index (χ2n) is 5.01. The minimum absolute atomic E-state index is 0.323. The molecular weight excluding hydrogens is 258 g/mol. The molecule has 0 fully saturated rings. The molecule has 1 aromatic rings. The summed E-state index contributed by atoms with van der Waals surface area (Å²) in [6.07, 6.45) is 0.601. The van der Waals surface area contributed by atoms with E-state index < -0.39 is 5.54 Å². The van der Waals surface area contributed by atoms with Crippen LogP contribution in [0.1, 0.15) is 31.4 Å². The predicted octanol–water partition coefficient (Wildman–Crippen LogP) is 3.07. The summed E-state index contributed by atoms with van der Waals surface area (Å²) in [6, 6.07) is 6.38. The van der Waals surface area contributed by atoms with Crippen molar-refractivity contribution in [3.05, 3.63) is 29.3 Å². The van der Waals surface area contributed by atoms with Crippen LogP contribution in [0.5, 0.6) is 0 Å². The molecule has 0 spiro atoms. The zero-order chi connectivity index (χ0) is 14.5. The molecule has 106 valence electrons. The van der Waals surface area contributed by atoms with Crippen LogP contribution in [-0.4, -0.2) is 23.9 Å². The van der Waals surface area contributed by atoms with Crippen molar-refractivity contribution in [2.45, 2.75) is 44.6 Å². The van der Waals surface area contributed by atoms with Crippen molar-refractivity contribution in [2.24, 2.45) is 5.73 Å². The van der Waals surface area contributed by atoms with Gasteiger partial charge in [0.15, 0.2) is 0 Å². The summed E-state index contributed by atoms with van der Waals surface area (Å²) in [5.41, 5.74) is 7.59. The Morgan fingerprint density at radius 1 is 1.42 bits per heavy atom. The highest BCUT2D eigenvalue weighted by atomic mass is 32.2. The van der Waals surface area contributed by atoms with Gasteiger partial charge < -0.3 is 10.5 Å². The van der Waals surface area contributed by atoms with Crippen LogP contribution in [0.4, 0.5) is 0 Å². The Morgan fingerprint density at radius 2 is 2.11 bits per heavy atom. The van der Waals surface area contributed by atoms with Crippen LogP contribution in [0.15, 0.2) is 23.1 Å². The topological polar surface area (TPSA) is 52.3 Å². The number of hydrogen-bond acceptors (Lipinski definition) is 4.